The highest BCUT2D eigenvalue weighted by Crippen LogP contribution is 2.24. The van der Waals surface area contributed by atoms with Crippen LogP contribution in [0.3, 0.4) is 0 Å². The summed E-state index contributed by atoms with van der Waals surface area (Å²) < 4.78 is 8.27. The van der Waals surface area contributed by atoms with Gasteiger partial charge < -0.3 is 9.30 Å². The van der Waals surface area contributed by atoms with E-state index in [-0.39, 0.29) is 0 Å². The Hall–Kier alpha value is -3.59. The average molecular weight is 364 g/mol. The molecular formula is C25H20N2O. The van der Waals surface area contributed by atoms with Gasteiger partial charge in [-0.1, -0.05) is 72.8 Å². The molecule has 3 nitrogen and oxygen atoms in total. The van der Waals surface area contributed by atoms with Crippen LogP contribution in [-0.4, -0.2) is 9.55 Å². The molecule has 4 aromatic carbocycles. The quantitative estimate of drug-likeness (QED) is 0.393. The van der Waals surface area contributed by atoms with E-state index in [0.717, 1.165) is 29.2 Å². The van der Waals surface area contributed by atoms with Gasteiger partial charge in [0.1, 0.15) is 18.2 Å². The zero-order valence-corrected chi connectivity index (χ0v) is 15.5. The largest absolute Gasteiger partial charge is 0.486 e. The molecule has 0 aliphatic rings. The summed E-state index contributed by atoms with van der Waals surface area (Å²) >= 11 is 0. The molecule has 0 saturated heterocycles. The molecule has 0 fully saturated rings. The highest BCUT2D eigenvalue weighted by molar-refractivity contribution is 5.86. The molecule has 0 amide bonds. The van der Waals surface area contributed by atoms with Gasteiger partial charge >= 0.3 is 0 Å². The van der Waals surface area contributed by atoms with E-state index in [2.05, 4.69) is 65.2 Å². The summed E-state index contributed by atoms with van der Waals surface area (Å²) in [5, 5.41) is 2.53. The van der Waals surface area contributed by atoms with Crippen LogP contribution < -0.4 is 4.74 Å². The third-order valence-corrected chi connectivity index (χ3v) is 5.05. The number of benzene rings is 4. The van der Waals surface area contributed by atoms with Crippen molar-refractivity contribution in [2.45, 2.75) is 13.2 Å². The van der Waals surface area contributed by atoms with Crippen LogP contribution in [0.4, 0.5) is 0 Å². The minimum atomic E-state index is 0.434. The Labute approximate surface area is 163 Å². The van der Waals surface area contributed by atoms with Crippen molar-refractivity contribution in [3.05, 3.63) is 108 Å². The van der Waals surface area contributed by atoms with E-state index in [0.29, 0.717) is 6.61 Å². The summed E-state index contributed by atoms with van der Waals surface area (Å²) in [6.45, 7) is 1.19. The average Bonchev–Trinajstić information content (AvgIpc) is 3.11. The first kappa shape index (κ1) is 16.6. The van der Waals surface area contributed by atoms with Gasteiger partial charge in [0.25, 0.3) is 0 Å². The second-order valence-corrected chi connectivity index (χ2v) is 6.84. The van der Waals surface area contributed by atoms with Gasteiger partial charge in [-0.15, -0.1) is 0 Å². The highest BCUT2D eigenvalue weighted by atomic mass is 16.5. The fourth-order valence-corrected chi connectivity index (χ4v) is 3.68. The zero-order chi connectivity index (χ0) is 18.8. The van der Waals surface area contributed by atoms with Crippen LogP contribution in [-0.2, 0) is 13.2 Å². The van der Waals surface area contributed by atoms with Crippen LogP contribution in [0.5, 0.6) is 5.75 Å². The first-order chi connectivity index (χ1) is 13.9. The molecular weight excluding hydrogens is 344 g/mol. The van der Waals surface area contributed by atoms with Crippen molar-refractivity contribution in [2.75, 3.05) is 0 Å². The molecule has 0 spiro atoms. The summed E-state index contributed by atoms with van der Waals surface area (Å²) in [6, 6.07) is 33.1. The molecule has 0 aliphatic carbocycles. The van der Waals surface area contributed by atoms with Crippen molar-refractivity contribution in [1.82, 2.24) is 9.55 Å². The van der Waals surface area contributed by atoms with Crippen molar-refractivity contribution < 1.29 is 4.74 Å². The van der Waals surface area contributed by atoms with E-state index in [1.165, 1.54) is 16.3 Å². The maximum absolute atomic E-state index is 6.00. The van der Waals surface area contributed by atoms with Crippen LogP contribution in [0.25, 0.3) is 21.8 Å². The van der Waals surface area contributed by atoms with Crippen LogP contribution in [0, 0.1) is 0 Å². The molecule has 0 atom stereocenters. The van der Waals surface area contributed by atoms with Gasteiger partial charge in [0.15, 0.2) is 0 Å². The van der Waals surface area contributed by atoms with E-state index < -0.39 is 0 Å². The summed E-state index contributed by atoms with van der Waals surface area (Å²) in [7, 11) is 0. The van der Waals surface area contributed by atoms with Gasteiger partial charge in [-0.05, 0) is 40.6 Å². The second-order valence-electron chi connectivity index (χ2n) is 6.84. The van der Waals surface area contributed by atoms with Crippen LogP contribution >= 0.6 is 0 Å². The Balaban J connectivity index is 1.55. The third kappa shape index (κ3) is 3.12. The first-order valence-electron chi connectivity index (χ1n) is 9.47. The number of aromatic nitrogens is 2. The first-order valence-corrected chi connectivity index (χ1v) is 9.47. The maximum atomic E-state index is 6.00. The van der Waals surface area contributed by atoms with Crippen molar-refractivity contribution in [2.24, 2.45) is 0 Å². The van der Waals surface area contributed by atoms with Gasteiger partial charge in [0.05, 0.1) is 17.6 Å². The molecule has 136 valence electrons. The summed E-state index contributed by atoms with van der Waals surface area (Å²) in [5.74, 6) is 1.78. The van der Waals surface area contributed by atoms with Crippen LogP contribution in [0.1, 0.15) is 11.4 Å². The summed E-state index contributed by atoms with van der Waals surface area (Å²) in [5.41, 5.74) is 3.40. The second kappa shape index (κ2) is 7.20. The van der Waals surface area contributed by atoms with Gasteiger partial charge in [0, 0.05) is 0 Å². The minimum absolute atomic E-state index is 0.434. The van der Waals surface area contributed by atoms with E-state index >= 15 is 0 Å². The molecule has 0 aliphatic heterocycles. The number of hydrogen-bond acceptors (Lipinski definition) is 2. The number of hydrogen-bond donors (Lipinski definition) is 0. The predicted octanol–water partition coefficient (Wildman–Crippen LogP) is 5.82. The number of nitrogens with zero attached hydrogens (tertiary/aromatic N) is 2. The molecule has 5 rings (SSSR count). The maximum Gasteiger partial charge on any atom is 0.148 e. The molecule has 0 saturated carbocycles. The number of imidazole rings is 1. The molecule has 3 heteroatoms. The number of ether oxygens (including phenoxy) is 1. The lowest BCUT2D eigenvalue weighted by atomic mass is 10.0. The SMILES string of the molecule is c1ccc(OCc2nc3ccccc3n2Cc2cccc3ccccc23)cc1. The summed E-state index contributed by atoms with van der Waals surface area (Å²) in [4.78, 5) is 4.84. The Bertz CT molecular complexity index is 1240. The van der Waals surface area contributed by atoms with Crippen molar-refractivity contribution >= 4 is 21.8 Å². The van der Waals surface area contributed by atoms with E-state index in [9.17, 15) is 0 Å². The monoisotopic (exact) mass is 364 g/mol. The summed E-state index contributed by atoms with van der Waals surface area (Å²) in [6.07, 6.45) is 0. The van der Waals surface area contributed by atoms with Crippen LogP contribution in [0.15, 0.2) is 97.1 Å². The molecule has 1 aromatic heterocycles. The van der Waals surface area contributed by atoms with Crippen molar-refractivity contribution in [3.63, 3.8) is 0 Å². The molecule has 0 unspecified atom stereocenters. The van der Waals surface area contributed by atoms with Gasteiger partial charge in [0.2, 0.25) is 0 Å². The van der Waals surface area contributed by atoms with Gasteiger partial charge in [-0.2, -0.15) is 0 Å². The standard InChI is InChI=1S/C25H20N2O/c1-2-12-21(13-3-1)28-18-25-26-23-15-6-7-16-24(23)27(25)17-20-11-8-10-19-9-4-5-14-22(19)20/h1-16H,17-18H2. The van der Waals surface area contributed by atoms with Crippen LogP contribution in [0.2, 0.25) is 0 Å². The minimum Gasteiger partial charge on any atom is -0.486 e. The molecule has 28 heavy (non-hydrogen) atoms. The molecule has 5 aromatic rings. The van der Waals surface area contributed by atoms with Crippen molar-refractivity contribution in [1.29, 1.82) is 0 Å². The third-order valence-electron chi connectivity index (χ3n) is 5.05. The Kier molecular flexibility index (Phi) is 4.26. The van der Waals surface area contributed by atoms with Gasteiger partial charge in [-0.3, -0.25) is 0 Å². The van der Waals surface area contributed by atoms with E-state index in [4.69, 9.17) is 9.72 Å². The smallest absolute Gasteiger partial charge is 0.148 e. The molecule has 1 heterocycles. The predicted molar refractivity (Wildman–Crippen MR) is 114 cm³/mol. The van der Waals surface area contributed by atoms with E-state index in [1.807, 2.05) is 36.4 Å². The topological polar surface area (TPSA) is 27.1 Å². The van der Waals surface area contributed by atoms with Crippen molar-refractivity contribution in [3.8, 4) is 5.75 Å². The normalized spacial score (nSPS) is 11.1. The highest BCUT2D eigenvalue weighted by Gasteiger charge is 2.13. The van der Waals surface area contributed by atoms with E-state index in [1.54, 1.807) is 0 Å². The number of para-hydroxylation sites is 3. The Morgan fingerprint density at radius 1 is 0.714 bits per heavy atom. The number of fused-ring (bicyclic) bond motifs is 2. The lowest BCUT2D eigenvalue weighted by Crippen LogP contribution is -2.08. The molecule has 0 radical (unpaired) electrons. The molecule has 0 N–H and O–H groups in total. The Morgan fingerprint density at radius 2 is 1.46 bits per heavy atom. The fourth-order valence-electron chi connectivity index (χ4n) is 3.68. The Morgan fingerprint density at radius 3 is 2.39 bits per heavy atom. The zero-order valence-electron chi connectivity index (χ0n) is 15.5. The lowest BCUT2D eigenvalue weighted by Gasteiger charge is -2.12. The molecule has 0 bridgehead atoms. The van der Waals surface area contributed by atoms with Gasteiger partial charge in [-0.25, -0.2) is 4.98 Å². The fraction of sp³-hybridized carbons (Fsp3) is 0.0800. The number of rotatable bonds is 5. The lowest BCUT2D eigenvalue weighted by molar-refractivity contribution is 0.291.